The summed E-state index contributed by atoms with van der Waals surface area (Å²) in [6.45, 7) is 3.31. The van der Waals surface area contributed by atoms with Crippen molar-refractivity contribution in [3.05, 3.63) is 6.92 Å². The number of aliphatic hydroxyl groups is 4. The van der Waals surface area contributed by atoms with Crippen LogP contribution >= 0.6 is 0 Å². The summed E-state index contributed by atoms with van der Waals surface area (Å²) in [6, 6.07) is 0. The predicted molar refractivity (Wildman–Crippen MR) is 144 cm³/mol. The molecular weight excluding hydrogens is 551 g/mol. The molecule has 0 aromatic carbocycles. The average Bonchev–Trinajstić information content (AvgIpc) is 2.71. The summed E-state index contributed by atoms with van der Waals surface area (Å²) < 4.78 is 30.3. The van der Waals surface area contributed by atoms with E-state index < -0.39 is 39.9 Å². The molecule has 0 spiro atoms. The summed E-state index contributed by atoms with van der Waals surface area (Å²) in [7, 11) is -4.32. The first-order chi connectivity index (χ1) is 15.8. The fraction of sp³-hybridized carbons (Fsp3) is 0.833. The number of rotatable bonds is 16. The van der Waals surface area contributed by atoms with Crippen molar-refractivity contribution < 1.29 is 94.1 Å². The van der Waals surface area contributed by atoms with E-state index in [1.807, 2.05) is 0 Å². The Balaban J connectivity index is -0.0000000369. The minimum Gasteiger partial charge on any atom is -0.748 e. The van der Waals surface area contributed by atoms with Gasteiger partial charge in [-0.25, -0.2) is 13.2 Å². The number of carbonyl (C=O) groups is 3. The number of carboxylic acids is 3. The SMILES string of the molecule is C.C.C.C.O=C([O-])CCCCCO.O=C([O-])CCCCO.O=S(=O)([O-])CC(O)CCCCO.[CH2+]CC(=O)O.[H+].[Na+]. The Labute approximate surface area is 260 Å². The molecule has 1 unspecified atom stereocenters. The van der Waals surface area contributed by atoms with E-state index >= 15 is 0 Å². The van der Waals surface area contributed by atoms with Crippen LogP contribution in [0, 0.1) is 6.92 Å². The van der Waals surface area contributed by atoms with Crippen molar-refractivity contribution in [3.63, 3.8) is 0 Å². The summed E-state index contributed by atoms with van der Waals surface area (Å²) in [5.74, 6) is -3.64. The van der Waals surface area contributed by atoms with Gasteiger partial charge in [0.25, 0.3) is 0 Å². The molecule has 0 saturated carbocycles. The largest absolute Gasteiger partial charge is 1.00 e. The first-order valence-electron chi connectivity index (χ1n) is 10.6. The van der Waals surface area contributed by atoms with Gasteiger partial charge in [0, 0.05) is 31.8 Å². The van der Waals surface area contributed by atoms with Crippen molar-refractivity contribution in [3.8, 4) is 0 Å². The van der Waals surface area contributed by atoms with Crippen LogP contribution < -0.4 is 39.8 Å². The fourth-order valence-corrected chi connectivity index (χ4v) is 2.39. The number of hydrogen-bond donors (Lipinski definition) is 5. The van der Waals surface area contributed by atoms with Gasteiger partial charge in [-0.3, -0.25) is 0 Å². The van der Waals surface area contributed by atoms with Crippen LogP contribution in [0.5, 0.6) is 0 Å². The molecule has 0 aliphatic rings. The first kappa shape index (κ1) is 61.9. The van der Waals surface area contributed by atoms with Crippen molar-refractivity contribution in [2.24, 2.45) is 0 Å². The molecule has 0 aliphatic heterocycles. The summed E-state index contributed by atoms with van der Waals surface area (Å²) >= 11 is 0. The van der Waals surface area contributed by atoms with E-state index in [0.29, 0.717) is 38.5 Å². The van der Waals surface area contributed by atoms with Crippen molar-refractivity contribution >= 4 is 28.0 Å². The van der Waals surface area contributed by atoms with E-state index in [-0.39, 0.29) is 106 Å². The van der Waals surface area contributed by atoms with Crippen LogP contribution in [0.4, 0.5) is 0 Å². The van der Waals surface area contributed by atoms with Gasteiger partial charge in [-0.2, -0.15) is 0 Å². The maximum Gasteiger partial charge on any atom is 1.00 e. The smallest absolute Gasteiger partial charge is 0.748 e. The van der Waals surface area contributed by atoms with Gasteiger partial charge < -0.3 is 49.9 Å². The van der Waals surface area contributed by atoms with Gasteiger partial charge in [-0.1, -0.05) is 36.1 Å². The minimum atomic E-state index is -4.32. The van der Waals surface area contributed by atoms with Crippen molar-refractivity contribution in [1.82, 2.24) is 0 Å². The number of carboxylic acid groups (broad SMARTS) is 3. The molecule has 5 N–H and O–H groups in total. The molecule has 39 heavy (non-hydrogen) atoms. The molecule has 0 aliphatic carbocycles. The van der Waals surface area contributed by atoms with Crippen molar-refractivity contribution in [1.29, 1.82) is 0 Å². The van der Waals surface area contributed by atoms with Gasteiger partial charge in [-0.05, 0) is 57.8 Å². The van der Waals surface area contributed by atoms with Crippen LogP contribution in [-0.2, 0) is 24.5 Å². The number of aliphatic carboxylic acids is 3. The van der Waals surface area contributed by atoms with Crippen LogP contribution in [0.3, 0.4) is 0 Å². The summed E-state index contributed by atoms with van der Waals surface area (Å²) in [6.07, 6.45) is 3.44. The molecule has 0 heterocycles. The second-order valence-corrected chi connectivity index (χ2v) is 8.15. The zero-order chi connectivity index (χ0) is 27.4. The average molecular weight is 607 g/mol. The summed E-state index contributed by atoms with van der Waals surface area (Å²) in [5, 5.41) is 60.9. The topological polar surface area (TPSA) is 256 Å². The molecule has 0 bridgehead atoms. The summed E-state index contributed by atoms with van der Waals surface area (Å²) in [4.78, 5) is 28.8. The standard InChI is InChI=1S/C6H14O5S.C6H12O3.C5H10O3.C3H4O2.4CH4.Na/c7-4-2-1-3-6(8)5-12(9,10)11;7-5-3-1-2-4-6(8)9;6-4-2-1-3-5(7)8;1-2-3(4)5;;;;;/h6-8H,1-5H2,(H,9,10,11);7H,1-5H2,(H,8,9);6H,1-4H2,(H,7,8);1-2H2;4*1H4;/q;;;;;;;;+1/p-1. The molecule has 0 rings (SSSR count). The molecule has 236 valence electrons. The van der Waals surface area contributed by atoms with Crippen LogP contribution in [0.25, 0.3) is 0 Å². The van der Waals surface area contributed by atoms with E-state index in [4.69, 9.17) is 25.5 Å². The molecule has 0 saturated heterocycles. The second kappa shape index (κ2) is 46.9. The Morgan fingerprint density at radius 3 is 1.33 bits per heavy atom. The molecule has 15 heteroatoms. The van der Waals surface area contributed by atoms with Gasteiger partial charge in [0.15, 0.2) is 6.42 Å². The Bertz CT molecular complexity index is 595. The molecule has 0 aromatic rings. The number of hydrogen-bond acceptors (Lipinski definition) is 12. The molecule has 0 aromatic heterocycles. The van der Waals surface area contributed by atoms with Gasteiger partial charge in [0.2, 0.25) is 0 Å². The third-order valence-electron chi connectivity index (χ3n) is 3.38. The maximum atomic E-state index is 10.1. The molecule has 0 fully saturated rings. The van der Waals surface area contributed by atoms with E-state index in [1.165, 1.54) is 0 Å². The van der Waals surface area contributed by atoms with Crippen LogP contribution in [0.15, 0.2) is 0 Å². The van der Waals surface area contributed by atoms with Gasteiger partial charge in [-0.15, -0.1) is 0 Å². The Morgan fingerprint density at radius 2 is 1.05 bits per heavy atom. The normalized spacial score (nSPS) is 9.46. The number of aliphatic hydroxyl groups excluding tert-OH is 4. The van der Waals surface area contributed by atoms with Crippen LogP contribution in [-0.4, -0.2) is 88.1 Å². The molecule has 0 amide bonds. The van der Waals surface area contributed by atoms with Crippen LogP contribution in [0.2, 0.25) is 0 Å². The van der Waals surface area contributed by atoms with Crippen molar-refractivity contribution in [2.45, 2.75) is 106 Å². The monoisotopic (exact) mass is 606 g/mol. The third kappa shape index (κ3) is 93.6. The maximum absolute atomic E-state index is 10.1. The zero-order valence-electron chi connectivity index (χ0n) is 21.3. The Morgan fingerprint density at radius 1 is 0.744 bits per heavy atom. The van der Waals surface area contributed by atoms with Gasteiger partial charge in [0.1, 0.15) is 0 Å². The van der Waals surface area contributed by atoms with E-state index in [2.05, 4.69) is 6.92 Å². The fourth-order valence-electron chi connectivity index (χ4n) is 1.75. The van der Waals surface area contributed by atoms with E-state index in [9.17, 15) is 37.6 Å². The molecule has 1 atom stereocenters. The predicted octanol–water partition coefficient (Wildman–Crippen LogP) is -2.80. The van der Waals surface area contributed by atoms with Crippen LogP contribution in [0.1, 0.15) is 102 Å². The first-order valence-corrected chi connectivity index (χ1v) is 12.2. The molecular formula is C24H55NaO13S. The third-order valence-corrected chi connectivity index (χ3v) is 4.18. The minimum absolute atomic E-state index is 0. The van der Waals surface area contributed by atoms with Crippen molar-refractivity contribution in [2.75, 3.05) is 25.6 Å². The molecule has 13 nitrogen and oxygen atoms in total. The second-order valence-electron chi connectivity index (χ2n) is 6.70. The Hall–Kier alpha value is -0.970. The molecule has 0 radical (unpaired) electrons. The number of carbonyl (C=O) groups excluding carboxylic acids is 2. The zero-order valence-corrected chi connectivity index (χ0v) is 23.1. The van der Waals surface area contributed by atoms with Gasteiger partial charge >= 0.3 is 37.0 Å². The number of unbranched alkanes of at least 4 members (excludes halogenated alkanes) is 4. The van der Waals surface area contributed by atoms with E-state index in [1.54, 1.807) is 0 Å². The van der Waals surface area contributed by atoms with Gasteiger partial charge in [0.05, 0.1) is 28.9 Å². The van der Waals surface area contributed by atoms with E-state index in [0.717, 1.165) is 6.42 Å². The Kier molecular flexibility index (Phi) is 74.3. The summed E-state index contributed by atoms with van der Waals surface area (Å²) in [5.41, 5.74) is 0. The quantitative estimate of drug-likeness (QED) is 0.0515.